The number of nitrogens with zero attached hydrogens (tertiary/aromatic N) is 1. The van der Waals surface area contributed by atoms with Gasteiger partial charge in [0.2, 0.25) is 0 Å². The summed E-state index contributed by atoms with van der Waals surface area (Å²) in [6.45, 7) is 2.66. The van der Waals surface area contributed by atoms with Crippen LogP contribution in [0.1, 0.15) is 28.2 Å². The first kappa shape index (κ1) is 16.3. The lowest BCUT2D eigenvalue weighted by Gasteiger charge is -2.13. The molecular formula is C17H22N4O3. The number of rotatable bonds is 7. The van der Waals surface area contributed by atoms with Crippen molar-refractivity contribution in [2.24, 2.45) is 0 Å². The highest BCUT2D eigenvalue weighted by Crippen LogP contribution is 2.19. The van der Waals surface area contributed by atoms with Gasteiger partial charge in [0, 0.05) is 43.4 Å². The number of carbonyl (C=O) groups is 1. The highest BCUT2D eigenvalue weighted by atomic mass is 16.5. The molecule has 7 nitrogen and oxygen atoms in total. The number of nitrogens with one attached hydrogen (secondary N) is 3. The Bertz CT molecular complexity index is 699. The Hall–Kier alpha value is -2.54. The Morgan fingerprint density at radius 3 is 3.12 bits per heavy atom. The molecule has 128 valence electrons. The molecule has 1 aromatic heterocycles. The summed E-state index contributed by atoms with van der Waals surface area (Å²) >= 11 is 0. The number of aromatic nitrogens is 2. The second kappa shape index (κ2) is 7.83. The number of fused-ring (bicyclic) bond motifs is 1. The van der Waals surface area contributed by atoms with Crippen LogP contribution in [0.4, 0.5) is 0 Å². The average Bonchev–Trinajstić information content (AvgIpc) is 3.05. The summed E-state index contributed by atoms with van der Waals surface area (Å²) in [5.41, 5.74) is 2.53. The number of aromatic amines is 1. The van der Waals surface area contributed by atoms with Gasteiger partial charge in [-0.2, -0.15) is 5.10 Å². The summed E-state index contributed by atoms with van der Waals surface area (Å²) in [5, 5.41) is 13.2. The highest BCUT2D eigenvalue weighted by molar-refractivity contribution is 5.94. The lowest BCUT2D eigenvalue weighted by molar-refractivity contribution is 0.0945. The molecule has 0 saturated carbocycles. The van der Waals surface area contributed by atoms with E-state index in [2.05, 4.69) is 20.8 Å². The van der Waals surface area contributed by atoms with E-state index in [4.69, 9.17) is 9.47 Å². The van der Waals surface area contributed by atoms with Gasteiger partial charge in [-0.25, -0.2) is 0 Å². The number of hydrogen-bond acceptors (Lipinski definition) is 5. The van der Waals surface area contributed by atoms with Gasteiger partial charge in [-0.15, -0.1) is 0 Å². The van der Waals surface area contributed by atoms with Crippen LogP contribution in [0.5, 0.6) is 11.5 Å². The predicted molar refractivity (Wildman–Crippen MR) is 89.4 cm³/mol. The smallest absolute Gasteiger partial charge is 0.272 e. The van der Waals surface area contributed by atoms with Crippen LogP contribution in [0.15, 0.2) is 24.3 Å². The van der Waals surface area contributed by atoms with Gasteiger partial charge < -0.3 is 20.1 Å². The van der Waals surface area contributed by atoms with Gasteiger partial charge in [0.15, 0.2) is 5.69 Å². The maximum absolute atomic E-state index is 12.2. The van der Waals surface area contributed by atoms with Crippen molar-refractivity contribution in [2.45, 2.75) is 19.4 Å². The molecule has 0 unspecified atom stereocenters. The summed E-state index contributed by atoms with van der Waals surface area (Å²) in [5.74, 6) is 1.38. The number of amides is 1. The molecular weight excluding hydrogens is 308 g/mol. The molecule has 0 aliphatic carbocycles. The predicted octanol–water partition coefficient (Wildman–Crippen LogP) is 1.26. The Labute approximate surface area is 140 Å². The van der Waals surface area contributed by atoms with Crippen LogP contribution in [0.2, 0.25) is 0 Å². The van der Waals surface area contributed by atoms with E-state index in [1.165, 1.54) is 0 Å². The number of hydrogen-bond donors (Lipinski definition) is 3. The minimum absolute atomic E-state index is 0.141. The number of methoxy groups -OCH3 is 1. The van der Waals surface area contributed by atoms with Gasteiger partial charge in [-0.3, -0.25) is 9.89 Å². The van der Waals surface area contributed by atoms with Gasteiger partial charge in [0.05, 0.1) is 13.7 Å². The Morgan fingerprint density at radius 1 is 1.38 bits per heavy atom. The molecule has 7 heteroatoms. The van der Waals surface area contributed by atoms with E-state index in [1.807, 2.05) is 24.3 Å². The fraction of sp³-hybridized carbons (Fsp3) is 0.412. The molecule has 0 bridgehead atoms. The van der Waals surface area contributed by atoms with Crippen molar-refractivity contribution in [2.75, 3.05) is 26.8 Å². The summed E-state index contributed by atoms with van der Waals surface area (Å²) in [4.78, 5) is 12.2. The van der Waals surface area contributed by atoms with Gasteiger partial charge in [-0.05, 0) is 18.6 Å². The maximum Gasteiger partial charge on any atom is 0.272 e. The fourth-order valence-corrected chi connectivity index (χ4v) is 2.65. The van der Waals surface area contributed by atoms with Crippen molar-refractivity contribution < 1.29 is 14.3 Å². The zero-order chi connectivity index (χ0) is 16.8. The van der Waals surface area contributed by atoms with Crippen molar-refractivity contribution in [1.29, 1.82) is 0 Å². The largest absolute Gasteiger partial charge is 0.497 e. The second-order valence-corrected chi connectivity index (χ2v) is 5.59. The van der Waals surface area contributed by atoms with Gasteiger partial charge in [0.25, 0.3) is 5.91 Å². The van der Waals surface area contributed by atoms with E-state index in [0.29, 0.717) is 31.8 Å². The molecule has 0 atom stereocenters. The SMILES string of the molecule is COc1cccc(OCCCNC(=O)c2n[nH]c3c2CNCC3)c1. The standard InChI is InChI=1S/C17H22N4O3/c1-23-12-4-2-5-13(10-12)24-9-3-7-19-17(22)16-14-11-18-8-6-15(14)20-21-16/h2,4-5,10,18H,3,6-9,11H2,1H3,(H,19,22)(H,20,21). The minimum atomic E-state index is -0.141. The van der Waals surface area contributed by atoms with Crippen LogP contribution in [0.3, 0.4) is 0 Å². The summed E-state index contributed by atoms with van der Waals surface area (Å²) in [6.07, 6.45) is 1.60. The highest BCUT2D eigenvalue weighted by Gasteiger charge is 2.20. The Kier molecular flexibility index (Phi) is 5.32. The fourth-order valence-electron chi connectivity index (χ4n) is 2.65. The van der Waals surface area contributed by atoms with Crippen LogP contribution >= 0.6 is 0 Å². The van der Waals surface area contributed by atoms with E-state index in [0.717, 1.165) is 35.7 Å². The molecule has 0 radical (unpaired) electrons. The van der Waals surface area contributed by atoms with Gasteiger partial charge >= 0.3 is 0 Å². The van der Waals surface area contributed by atoms with Crippen LogP contribution in [-0.2, 0) is 13.0 Å². The van der Waals surface area contributed by atoms with Crippen LogP contribution in [0.25, 0.3) is 0 Å². The number of ether oxygens (including phenoxy) is 2. The van der Waals surface area contributed by atoms with E-state index >= 15 is 0 Å². The second-order valence-electron chi connectivity index (χ2n) is 5.59. The first-order valence-electron chi connectivity index (χ1n) is 8.10. The third-order valence-corrected chi connectivity index (χ3v) is 3.94. The molecule has 1 aliphatic heterocycles. The monoisotopic (exact) mass is 330 g/mol. The quantitative estimate of drug-likeness (QED) is 0.665. The first-order valence-corrected chi connectivity index (χ1v) is 8.10. The molecule has 0 saturated heterocycles. The number of benzene rings is 1. The van der Waals surface area contributed by atoms with Crippen LogP contribution in [0, 0.1) is 0 Å². The van der Waals surface area contributed by atoms with E-state index < -0.39 is 0 Å². The first-order chi connectivity index (χ1) is 11.8. The normalized spacial score (nSPS) is 13.2. The van der Waals surface area contributed by atoms with Crippen molar-refractivity contribution in [1.82, 2.24) is 20.8 Å². The zero-order valence-electron chi connectivity index (χ0n) is 13.7. The average molecular weight is 330 g/mol. The third kappa shape index (κ3) is 3.86. The maximum atomic E-state index is 12.2. The lowest BCUT2D eigenvalue weighted by Crippen LogP contribution is -2.29. The number of H-pyrrole nitrogens is 1. The van der Waals surface area contributed by atoms with Gasteiger partial charge in [-0.1, -0.05) is 6.07 Å². The molecule has 3 N–H and O–H groups in total. The minimum Gasteiger partial charge on any atom is -0.497 e. The molecule has 2 aromatic rings. The molecule has 2 heterocycles. The van der Waals surface area contributed by atoms with Crippen molar-refractivity contribution in [3.05, 3.63) is 41.2 Å². The summed E-state index contributed by atoms with van der Waals surface area (Å²) in [6, 6.07) is 7.46. The van der Waals surface area contributed by atoms with E-state index in [9.17, 15) is 4.79 Å². The third-order valence-electron chi connectivity index (χ3n) is 3.94. The molecule has 0 fully saturated rings. The van der Waals surface area contributed by atoms with Crippen LogP contribution < -0.4 is 20.1 Å². The summed E-state index contributed by atoms with van der Waals surface area (Å²) < 4.78 is 10.8. The van der Waals surface area contributed by atoms with Crippen LogP contribution in [-0.4, -0.2) is 42.9 Å². The Balaban J connectivity index is 1.41. The molecule has 1 aromatic carbocycles. The number of carbonyl (C=O) groups excluding carboxylic acids is 1. The zero-order valence-corrected chi connectivity index (χ0v) is 13.7. The molecule has 24 heavy (non-hydrogen) atoms. The van der Waals surface area contributed by atoms with Gasteiger partial charge in [0.1, 0.15) is 11.5 Å². The molecule has 0 spiro atoms. The summed E-state index contributed by atoms with van der Waals surface area (Å²) in [7, 11) is 1.62. The molecule has 1 amide bonds. The van der Waals surface area contributed by atoms with Crippen molar-refractivity contribution in [3.8, 4) is 11.5 Å². The lowest BCUT2D eigenvalue weighted by atomic mass is 10.1. The van der Waals surface area contributed by atoms with Crippen molar-refractivity contribution >= 4 is 5.91 Å². The molecule has 3 rings (SSSR count). The van der Waals surface area contributed by atoms with Crippen molar-refractivity contribution in [3.63, 3.8) is 0 Å². The van der Waals surface area contributed by atoms with E-state index in [1.54, 1.807) is 7.11 Å². The van der Waals surface area contributed by atoms with E-state index in [-0.39, 0.29) is 5.91 Å². The topological polar surface area (TPSA) is 88.3 Å². The Morgan fingerprint density at radius 2 is 2.25 bits per heavy atom. The molecule has 1 aliphatic rings.